The molecule has 1 aromatic rings. The molecular formula is C12H15NO2. The third-order valence-electron chi connectivity index (χ3n) is 1.63. The number of ether oxygens (including phenoxy) is 2. The smallest absolute Gasteiger partial charge is 0.222 e. The molecule has 0 saturated heterocycles. The lowest BCUT2D eigenvalue weighted by atomic mass is 10.3. The van der Waals surface area contributed by atoms with Gasteiger partial charge in [-0.2, -0.15) is 0 Å². The molecule has 0 spiro atoms. The summed E-state index contributed by atoms with van der Waals surface area (Å²) in [6, 6.07) is 3.75. The van der Waals surface area contributed by atoms with Crippen LogP contribution in [-0.4, -0.2) is 24.5 Å². The summed E-state index contributed by atoms with van der Waals surface area (Å²) in [4.78, 5) is 3.97. The highest BCUT2D eigenvalue weighted by molar-refractivity contribution is 5.31. The standard InChI is InChI=1S/C12H15NO2/c1-3-14-12(15-4-2)8-7-11-6-5-9-13-10-11/h5-6,9-10,12H,3-4H2,1-2H3. The molecule has 1 aromatic heterocycles. The Balaban J connectivity index is 2.60. The molecule has 1 rings (SSSR count). The van der Waals surface area contributed by atoms with E-state index < -0.39 is 6.29 Å². The first kappa shape index (κ1) is 11.7. The molecule has 0 aliphatic carbocycles. The third-order valence-corrected chi connectivity index (χ3v) is 1.63. The van der Waals surface area contributed by atoms with E-state index in [1.807, 2.05) is 26.0 Å². The summed E-state index contributed by atoms with van der Waals surface area (Å²) in [7, 11) is 0. The van der Waals surface area contributed by atoms with Crippen LogP contribution in [0.2, 0.25) is 0 Å². The minimum atomic E-state index is -0.444. The summed E-state index contributed by atoms with van der Waals surface area (Å²) in [5, 5.41) is 0. The van der Waals surface area contributed by atoms with Crippen molar-refractivity contribution in [3.63, 3.8) is 0 Å². The van der Waals surface area contributed by atoms with E-state index in [2.05, 4.69) is 16.8 Å². The van der Waals surface area contributed by atoms with E-state index in [1.54, 1.807) is 12.4 Å². The van der Waals surface area contributed by atoms with Gasteiger partial charge in [0.1, 0.15) is 0 Å². The minimum Gasteiger partial charge on any atom is -0.342 e. The molecule has 0 N–H and O–H groups in total. The van der Waals surface area contributed by atoms with Crippen LogP contribution in [0.5, 0.6) is 0 Å². The topological polar surface area (TPSA) is 31.4 Å². The lowest BCUT2D eigenvalue weighted by molar-refractivity contribution is -0.0969. The molecule has 3 nitrogen and oxygen atoms in total. The number of hydrogen-bond donors (Lipinski definition) is 0. The zero-order valence-electron chi connectivity index (χ0n) is 9.06. The molecule has 0 unspecified atom stereocenters. The molecule has 0 fully saturated rings. The third kappa shape index (κ3) is 4.59. The van der Waals surface area contributed by atoms with Crippen LogP contribution in [0, 0.1) is 11.8 Å². The van der Waals surface area contributed by atoms with Gasteiger partial charge >= 0.3 is 0 Å². The second kappa shape index (κ2) is 6.99. The number of aromatic nitrogens is 1. The lowest BCUT2D eigenvalue weighted by Gasteiger charge is -2.09. The van der Waals surface area contributed by atoms with Crippen LogP contribution >= 0.6 is 0 Å². The first-order valence-electron chi connectivity index (χ1n) is 5.01. The molecule has 0 radical (unpaired) electrons. The molecule has 15 heavy (non-hydrogen) atoms. The van der Waals surface area contributed by atoms with Gasteiger partial charge in [-0.3, -0.25) is 4.98 Å². The Bertz CT molecular complexity index is 320. The largest absolute Gasteiger partial charge is 0.342 e. The van der Waals surface area contributed by atoms with E-state index in [0.29, 0.717) is 13.2 Å². The molecule has 0 saturated carbocycles. The second-order valence-corrected chi connectivity index (χ2v) is 2.75. The minimum absolute atomic E-state index is 0.444. The Morgan fingerprint density at radius 2 is 2.07 bits per heavy atom. The Hall–Kier alpha value is -1.37. The summed E-state index contributed by atoms with van der Waals surface area (Å²) in [6.45, 7) is 5.01. The van der Waals surface area contributed by atoms with Gasteiger partial charge in [0.25, 0.3) is 0 Å². The Kier molecular flexibility index (Phi) is 5.46. The fourth-order valence-electron chi connectivity index (χ4n) is 1.01. The molecule has 1 heterocycles. The molecule has 80 valence electrons. The molecule has 0 bridgehead atoms. The van der Waals surface area contributed by atoms with Crippen molar-refractivity contribution in [2.45, 2.75) is 20.1 Å². The molecule has 0 atom stereocenters. The summed E-state index contributed by atoms with van der Waals surface area (Å²) in [6.07, 6.45) is 2.98. The zero-order valence-corrected chi connectivity index (χ0v) is 9.06. The van der Waals surface area contributed by atoms with Crippen molar-refractivity contribution in [1.29, 1.82) is 0 Å². The molecule has 0 aliphatic heterocycles. The van der Waals surface area contributed by atoms with Crippen molar-refractivity contribution in [3.8, 4) is 11.8 Å². The van der Waals surface area contributed by atoms with Gasteiger partial charge < -0.3 is 9.47 Å². The maximum absolute atomic E-state index is 5.29. The highest BCUT2D eigenvalue weighted by Gasteiger charge is 2.01. The van der Waals surface area contributed by atoms with Gasteiger partial charge in [0.2, 0.25) is 6.29 Å². The molecule has 0 aromatic carbocycles. The van der Waals surface area contributed by atoms with Crippen molar-refractivity contribution < 1.29 is 9.47 Å². The van der Waals surface area contributed by atoms with Crippen molar-refractivity contribution in [1.82, 2.24) is 4.98 Å². The van der Waals surface area contributed by atoms with Crippen LogP contribution < -0.4 is 0 Å². The zero-order chi connectivity index (χ0) is 10.9. The quantitative estimate of drug-likeness (QED) is 0.555. The Morgan fingerprint density at radius 1 is 1.33 bits per heavy atom. The molecule has 0 amide bonds. The van der Waals surface area contributed by atoms with Crippen LogP contribution in [-0.2, 0) is 9.47 Å². The van der Waals surface area contributed by atoms with E-state index in [1.165, 1.54) is 0 Å². The summed E-state index contributed by atoms with van der Waals surface area (Å²) < 4.78 is 10.6. The number of nitrogens with zero attached hydrogens (tertiary/aromatic N) is 1. The average Bonchev–Trinajstić information content (AvgIpc) is 2.28. The summed E-state index contributed by atoms with van der Waals surface area (Å²) in [5.41, 5.74) is 0.863. The highest BCUT2D eigenvalue weighted by Crippen LogP contribution is 1.96. The molecular weight excluding hydrogens is 190 g/mol. The van der Waals surface area contributed by atoms with Gasteiger partial charge in [-0.1, -0.05) is 5.92 Å². The van der Waals surface area contributed by atoms with E-state index in [-0.39, 0.29) is 0 Å². The summed E-state index contributed by atoms with van der Waals surface area (Å²) >= 11 is 0. The van der Waals surface area contributed by atoms with Gasteiger partial charge in [-0.05, 0) is 31.9 Å². The van der Waals surface area contributed by atoms with E-state index in [4.69, 9.17) is 9.47 Å². The van der Waals surface area contributed by atoms with Crippen molar-refractivity contribution in [2.75, 3.05) is 13.2 Å². The molecule has 3 heteroatoms. The van der Waals surface area contributed by atoms with Crippen molar-refractivity contribution >= 4 is 0 Å². The van der Waals surface area contributed by atoms with Gasteiger partial charge in [0, 0.05) is 31.2 Å². The van der Waals surface area contributed by atoms with Crippen LogP contribution in [0.3, 0.4) is 0 Å². The average molecular weight is 205 g/mol. The normalized spacial score (nSPS) is 9.80. The van der Waals surface area contributed by atoms with E-state index >= 15 is 0 Å². The Labute approximate surface area is 90.4 Å². The second-order valence-electron chi connectivity index (χ2n) is 2.75. The first-order chi connectivity index (χ1) is 7.36. The van der Waals surface area contributed by atoms with Gasteiger partial charge in [-0.25, -0.2) is 0 Å². The van der Waals surface area contributed by atoms with E-state index in [9.17, 15) is 0 Å². The highest BCUT2D eigenvalue weighted by atomic mass is 16.7. The Morgan fingerprint density at radius 3 is 2.60 bits per heavy atom. The van der Waals surface area contributed by atoms with Crippen LogP contribution in [0.15, 0.2) is 24.5 Å². The van der Waals surface area contributed by atoms with Crippen LogP contribution in [0.4, 0.5) is 0 Å². The predicted molar refractivity (Wildman–Crippen MR) is 58.2 cm³/mol. The fraction of sp³-hybridized carbons (Fsp3) is 0.417. The van der Waals surface area contributed by atoms with Gasteiger partial charge in [0.15, 0.2) is 0 Å². The molecule has 0 aliphatic rings. The van der Waals surface area contributed by atoms with E-state index in [0.717, 1.165) is 5.56 Å². The monoisotopic (exact) mass is 205 g/mol. The van der Waals surface area contributed by atoms with Gasteiger partial charge in [-0.15, -0.1) is 0 Å². The maximum atomic E-state index is 5.29. The number of hydrogen-bond acceptors (Lipinski definition) is 3. The van der Waals surface area contributed by atoms with Crippen LogP contribution in [0.25, 0.3) is 0 Å². The van der Waals surface area contributed by atoms with Crippen LogP contribution in [0.1, 0.15) is 19.4 Å². The van der Waals surface area contributed by atoms with Crippen molar-refractivity contribution in [2.24, 2.45) is 0 Å². The SMILES string of the molecule is CCOC(C#Cc1cccnc1)OCC. The number of rotatable bonds is 4. The fourth-order valence-corrected chi connectivity index (χ4v) is 1.01. The first-order valence-corrected chi connectivity index (χ1v) is 5.01. The lowest BCUT2D eigenvalue weighted by Crippen LogP contribution is -2.14. The predicted octanol–water partition coefficient (Wildman–Crippen LogP) is 1.83. The number of pyridine rings is 1. The van der Waals surface area contributed by atoms with Crippen molar-refractivity contribution in [3.05, 3.63) is 30.1 Å². The maximum Gasteiger partial charge on any atom is 0.222 e. The summed E-state index contributed by atoms with van der Waals surface area (Å²) in [5.74, 6) is 5.86. The van der Waals surface area contributed by atoms with Gasteiger partial charge in [0.05, 0.1) is 0 Å².